The molecule has 0 aliphatic rings. The Kier molecular flexibility index (Phi) is 3.50. The molecule has 1 aromatic heterocycles. The number of anilines is 1. The molecular formula is C13H16N4O2. The van der Waals surface area contributed by atoms with Crippen LogP contribution < -0.4 is 5.32 Å². The maximum Gasteiger partial charge on any atom is 0.316 e. The van der Waals surface area contributed by atoms with Crippen LogP contribution in [0.4, 0.5) is 11.4 Å². The lowest BCUT2D eigenvalue weighted by molar-refractivity contribution is -0.383. The van der Waals surface area contributed by atoms with Crippen molar-refractivity contribution in [2.45, 2.75) is 20.8 Å². The second kappa shape index (κ2) is 5.09. The van der Waals surface area contributed by atoms with E-state index in [0.29, 0.717) is 17.9 Å². The van der Waals surface area contributed by atoms with E-state index in [1.165, 1.54) is 0 Å². The molecule has 0 amide bonds. The lowest BCUT2D eigenvalue weighted by Gasteiger charge is -2.10. The van der Waals surface area contributed by atoms with Crippen molar-refractivity contribution in [1.82, 2.24) is 9.55 Å². The molecule has 0 spiro atoms. The summed E-state index contributed by atoms with van der Waals surface area (Å²) < 4.78 is 1.74. The van der Waals surface area contributed by atoms with Gasteiger partial charge in [-0.05, 0) is 32.9 Å². The highest BCUT2D eigenvalue weighted by Gasteiger charge is 2.21. The molecule has 1 aromatic carbocycles. The van der Waals surface area contributed by atoms with Gasteiger partial charge in [-0.15, -0.1) is 0 Å². The summed E-state index contributed by atoms with van der Waals surface area (Å²) in [6.45, 7) is 6.31. The first-order valence-corrected chi connectivity index (χ1v) is 6.08. The Morgan fingerprint density at radius 1 is 1.42 bits per heavy atom. The quantitative estimate of drug-likeness (QED) is 0.677. The summed E-state index contributed by atoms with van der Waals surface area (Å²) in [6, 6.07) is 5.24. The van der Waals surface area contributed by atoms with Crippen molar-refractivity contribution in [3.8, 4) is 5.69 Å². The fourth-order valence-corrected chi connectivity index (χ4v) is 1.99. The van der Waals surface area contributed by atoms with Gasteiger partial charge in [0.15, 0.2) is 0 Å². The maximum absolute atomic E-state index is 11.3. The van der Waals surface area contributed by atoms with E-state index in [-0.39, 0.29) is 10.6 Å². The molecule has 1 N–H and O–H groups in total. The number of para-hydroxylation sites is 1. The Balaban J connectivity index is 2.66. The summed E-state index contributed by atoms with van der Waals surface area (Å²) in [6.07, 6.45) is 1.61. The minimum Gasteiger partial charge on any atom is -0.380 e. The van der Waals surface area contributed by atoms with E-state index in [4.69, 9.17) is 0 Å². The Morgan fingerprint density at radius 3 is 2.68 bits per heavy atom. The topological polar surface area (TPSA) is 73.0 Å². The fraction of sp³-hybridized carbons (Fsp3) is 0.308. The van der Waals surface area contributed by atoms with Crippen LogP contribution in [0.5, 0.6) is 0 Å². The predicted octanol–water partition coefficient (Wildman–Crippen LogP) is 2.83. The molecule has 0 unspecified atom stereocenters. The SMILES string of the molecule is CCNc1cccc(-n2cnc(C)c2C)c1[N+](=O)[O-]. The molecule has 6 nitrogen and oxygen atoms in total. The van der Waals surface area contributed by atoms with Gasteiger partial charge in [0.1, 0.15) is 11.4 Å². The molecule has 19 heavy (non-hydrogen) atoms. The van der Waals surface area contributed by atoms with Crippen molar-refractivity contribution in [2.75, 3.05) is 11.9 Å². The van der Waals surface area contributed by atoms with Crippen molar-refractivity contribution in [3.63, 3.8) is 0 Å². The number of rotatable bonds is 4. The van der Waals surface area contributed by atoms with E-state index in [1.807, 2.05) is 20.8 Å². The lowest BCUT2D eigenvalue weighted by Crippen LogP contribution is -2.06. The largest absolute Gasteiger partial charge is 0.380 e. The van der Waals surface area contributed by atoms with Crippen LogP contribution in [0, 0.1) is 24.0 Å². The number of hydrogen-bond donors (Lipinski definition) is 1. The Bertz CT molecular complexity index is 619. The smallest absolute Gasteiger partial charge is 0.316 e. The summed E-state index contributed by atoms with van der Waals surface area (Å²) in [5.41, 5.74) is 2.89. The highest BCUT2D eigenvalue weighted by Crippen LogP contribution is 2.32. The number of benzene rings is 1. The van der Waals surface area contributed by atoms with Crippen LogP contribution in [0.15, 0.2) is 24.5 Å². The molecule has 0 saturated carbocycles. The molecule has 0 aliphatic heterocycles. The third-order valence-corrected chi connectivity index (χ3v) is 3.08. The zero-order valence-corrected chi connectivity index (χ0v) is 11.2. The highest BCUT2D eigenvalue weighted by molar-refractivity contribution is 5.71. The second-order valence-corrected chi connectivity index (χ2v) is 4.25. The van der Waals surface area contributed by atoms with Crippen LogP contribution in [0.1, 0.15) is 18.3 Å². The Hall–Kier alpha value is -2.37. The van der Waals surface area contributed by atoms with Gasteiger partial charge < -0.3 is 5.32 Å². The van der Waals surface area contributed by atoms with Crippen LogP contribution in [-0.2, 0) is 0 Å². The molecule has 2 aromatic rings. The van der Waals surface area contributed by atoms with Gasteiger partial charge in [0.05, 0.1) is 16.9 Å². The summed E-state index contributed by atoms with van der Waals surface area (Å²) in [7, 11) is 0. The van der Waals surface area contributed by atoms with E-state index < -0.39 is 0 Å². The molecule has 0 atom stereocenters. The van der Waals surface area contributed by atoms with Crippen molar-refractivity contribution >= 4 is 11.4 Å². The van der Waals surface area contributed by atoms with Crippen LogP contribution in [0.25, 0.3) is 5.69 Å². The van der Waals surface area contributed by atoms with Gasteiger partial charge in [-0.3, -0.25) is 14.7 Å². The number of aryl methyl sites for hydroxylation is 1. The van der Waals surface area contributed by atoms with E-state index in [0.717, 1.165) is 11.4 Å². The normalized spacial score (nSPS) is 10.5. The van der Waals surface area contributed by atoms with Crippen LogP contribution >= 0.6 is 0 Å². The average molecular weight is 260 g/mol. The van der Waals surface area contributed by atoms with E-state index in [2.05, 4.69) is 10.3 Å². The first-order chi connectivity index (χ1) is 9.06. The Labute approximate surface area is 111 Å². The molecule has 1 heterocycles. The summed E-state index contributed by atoms with van der Waals surface area (Å²) in [5, 5.41) is 14.4. The summed E-state index contributed by atoms with van der Waals surface area (Å²) in [5.74, 6) is 0. The monoisotopic (exact) mass is 260 g/mol. The first-order valence-electron chi connectivity index (χ1n) is 6.08. The van der Waals surface area contributed by atoms with Gasteiger partial charge in [0.25, 0.3) is 0 Å². The lowest BCUT2D eigenvalue weighted by atomic mass is 10.2. The number of nitro benzene ring substituents is 1. The molecule has 0 fully saturated rings. The molecule has 0 aliphatic carbocycles. The van der Waals surface area contributed by atoms with Crippen LogP contribution in [-0.4, -0.2) is 21.0 Å². The minimum atomic E-state index is -0.359. The average Bonchev–Trinajstić information content (AvgIpc) is 2.70. The Morgan fingerprint density at radius 2 is 2.16 bits per heavy atom. The zero-order chi connectivity index (χ0) is 14.0. The number of imidazole rings is 1. The number of nitro groups is 1. The molecule has 6 heteroatoms. The third kappa shape index (κ3) is 2.29. The van der Waals surface area contributed by atoms with Gasteiger partial charge in [0.2, 0.25) is 0 Å². The zero-order valence-electron chi connectivity index (χ0n) is 11.2. The summed E-state index contributed by atoms with van der Waals surface area (Å²) >= 11 is 0. The van der Waals surface area contributed by atoms with Crippen LogP contribution in [0.3, 0.4) is 0 Å². The molecule has 2 rings (SSSR count). The first kappa shape index (κ1) is 13.1. The predicted molar refractivity (Wildman–Crippen MR) is 73.9 cm³/mol. The van der Waals surface area contributed by atoms with Crippen LogP contribution in [0.2, 0.25) is 0 Å². The van der Waals surface area contributed by atoms with E-state index >= 15 is 0 Å². The van der Waals surface area contributed by atoms with Gasteiger partial charge in [-0.25, -0.2) is 4.98 Å². The van der Waals surface area contributed by atoms with Gasteiger partial charge in [-0.2, -0.15) is 0 Å². The molecule has 0 saturated heterocycles. The molecule has 0 radical (unpaired) electrons. The number of aromatic nitrogens is 2. The van der Waals surface area contributed by atoms with Crippen molar-refractivity contribution < 1.29 is 4.92 Å². The van der Waals surface area contributed by atoms with E-state index in [9.17, 15) is 10.1 Å². The fourth-order valence-electron chi connectivity index (χ4n) is 1.99. The van der Waals surface area contributed by atoms with Crippen molar-refractivity contribution in [1.29, 1.82) is 0 Å². The number of nitrogens with zero attached hydrogens (tertiary/aromatic N) is 3. The number of hydrogen-bond acceptors (Lipinski definition) is 4. The summed E-state index contributed by atoms with van der Waals surface area (Å²) in [4.78, 5) is 15.2. The van der Waals surface area contributed by atoms with Crippen molar-refractivity contribution in [3.05, 3.63) is 46.0 Å². The highest BCUT2D eigenvalue weighted by atomic mass is 16.6. The third-order valence-electron chi connectivity index (χ3n) is 3.08. The van der Waals surface area contributed by atoms with Crippen molar-refractivity contribution in [2.24, 2.45) is 0 Å². The molecule has 0 bridgehead atoms. The van der Waals surface area contributed by atoms with Gasteiger partial charge in [0, 0.05) is 12.2 Å². The van der Waals surface area contributed by atoms with Gasteiger partial charge in [-0.1, -0.05) is 6.07 Å². The van der Waals surface area contributed by atoms with Gasteiger partial charge >= 0.3 is 5.69 Å². The number of nitrogens with one attached hydrogen (secondary N) is 1. The maximum atomic E-state index is 11.3. The molecular weight excluding hydrogens is 244 g/mol. The second-order valence-electron chi connectivity index (χ2n) is 4.25. The standard InChI is InChI=1S/C13H16N4O2/c1-4-14-11-6-5-7-12(13(11)17(18)19)16-8-15-9(2)10(16)3/h5-8,14H,4H2,1-3H3. The minimum absolute atomic E-state index is 0.0739. The molecule has 100 valence electrons. The van der Waals surface area contributed by atoms with E-state index in [1.54, 1.807) is 29.1 Å².